The molecule has 0 fully saturated rings. The Balaban J connectivity index is 0.000000202. The summed E-state index contributed by atoms with van der Waals surface area (Å²) in [4.78, 5) is 126. The molecule has 0 bridgehead atoms. The van der Waals surface area contributed by atoms with Crippen molar-refractivity contribution in [3.05, 3.63) is 263 Å². The zero-order valence-electron chi connectivity index (χ0n) is 66.7. The zero-order chi connectivity index (χ0) is 83.2. The van der Waals surface area contributed by atoms with Crippen LogP contribution >= 0.6 is 15.9 Å². The first-order chi connectivity index (χ1) is 54.2. The molecule has 0 aliphatic heterocycles. The van der Waals surface area contributed by atoms with Gasteiger partial charge in [0.05, 0.1) is 97.8 Å². The number of rotatable bonds is 20. The van der Waals surface area contributed by atoms with Gasteiger partial charge in [-0.25, -0.2) is 48.9 Å². The number of amides is 3. The molecule has 7 aromatic carbocycles. The third-order valence-corrected chi connectivity index (χ3v) is 17.3. The number of nitrogens with zero attached hydrogens (tertiary/aromatic N) is 10. The van der Waals surface area contributed by atoms with E-state index in [0.717, 1.165) is 16.8 Å². The van der Waals surface area contributed by atoms with Crippen molar-refractivity contribution in [2.45, 2.75) is 164 Å². The third kappa shape index (κ3) is 23.1. The highest BCUT2D eigenvalue weighted by Gasteiger charge is 2.30. The van der Waals surface area contributed by atoms with E-state index >= 15 is 0 Å². The number of aromatic nitrogens is 8. The van der Waals surface area contributed by atoms with Crippen LogP contribution in [0.4, 0.5) is 20.1 Å². The smallest absolute Gasteiger partial charge is 0.408 e. The summed E-state index contributed by atoms with van der Waals surface area (Å²) in [6.45, 7) is 26.7. The molecule has 0 saturated heterocycles. The molecule has 0 aliphatic rings. The molecule has 4 heterocycles. The van der Waals surface area contributed by atoms with Gasteiger partial charge < -0.3 is 50.3 Å². The summed E-state index contributed by atoms with van der Waals surface area (Å²) in [7, 11) is 1.92. The van der Waals surface area contributed by atoms with E-state index in [-0.39, 0.29) is 40.1 Å². The molecule has 0 radical (unpaired) electrons. The molecule has 3 amide bonds. The van der Waals surface area contributed by atoms with Gasteiger partial charge in [0.1, 0.15) is 40.3 Å². The summed E-state index contributed by atoms with van der Waals surface area (Å²) in [5, 5.41) is 19.3. The molecule has 27 nitrogen and oxygen atoms in total. The Kier molecular flexibility index (Phi) is 30.3. The second-order valence-electron chi connectivity index (χ2n) is 28.9. The fourth-order valence-electron chi connectivity index (χ4n) is 11.9. The Morgan fingerprint density at radius 3 is 1.17 bits per heavy atom. The van der Waals surface area contributed by atoms with Gasteiger partial charge in [0, 0.05) is 38.2 Å². The Hall–Kier alpha value is -12.5. The number of nitrogens with one attached hydrogen (secondary N) is 3. The van der Waals surface area contributed by atoms with Crippen LogP contribution in [-0.2, 0) is 36.8 Å². The number of para-hydroxylation sites is 3. The van der Waals surface area contributed by atoms with Crippen LogP contribution in [0.1, 0.15) is 189 Å². The minimum atomic E-state index is -0.668. The molecular weight excluding hydrogens is 1520 g/mol. The van der Waals surface area contributed by atoms with Crippen LogP contribution in [0.15, 0.2) is 201 Å². The lowest BCUT2D eigenvalue weighted by Crippen LogP contribution is -2.38. The lowest BCUT2D eigenvalue weighted by molar-refractivity contribution is 0.0487. The molecule has 3 atom stereocenters. The van der Waals surface area contributed by atoms with E-state index in [2.05, 4.69) is 52.9 Å². The monoisotopic (exact) mass is 1610 g/mol. The van der Waals surface area contributed by atoms with Gasteiger partial charge in [-0.1, -0.05) is 106 Å². The van der Waals surface area contributed by atoms with E-state index < -0.39 is 59.2 Å². The summed E-state index contributed by atoms with van der Waals surface area (Å²) in [5.74, 6) is 0.483. The molecule has 0 unspecified atom stereocenters. The van der Waals surface area contributed by atoms with Crippen molar-refractivity contribution in [2.24, 2.45) is 5.73 Å². The molecule has 0 aliphatic carbocycles. The summed E-state index contributed by atoms with van der Waals surface area (Å²) < 4.78 is 31.1. The molecule has 28 heteroatoms. The number of fused-ring (bicyclic) bond motifs is 3. The normalized spacial score (nSPS) is 12.0. The number of nitriles is 1. The average Bonchev–Trinajstić information content (AvgIpc) is 0.768. The van der Waals surface area contributed by atoms with Crippen LogP contribution in [-0.4, -0.2) is 106 Å². The lowest BCUT2D eigenvalue weighted by Gasteiger charge is -2.25. The average molecular weight is 1610 g/mol. The number of nitrogens with two attached hydrogens (primary N) is 1. The van der Waals surface area contributed by atoms with Crippen molar-refractivity contribution in [3.8, 4) is 23.1 Å². The minimum absolute atomic E-state index is 0.216. The number of benzene rings is 7. The molecule has 5 N–H and O–H groups in total. The summed E-state index contributed by atoms with van der Waals surface area (Å²) in [6.07, 6.45) is 2.61. The molecule has 11 aromatic rings. The minimum Gasteiger partial charge on any atom is -0.462 e. The lowest BCUT2D eigenvalue weighted by atomic mass is 10.1. The summed E-state index contributed by atoms with van der Waals surface area (Å²) in [6, 6.07) is 51.2. The number of hydrogen-bond donors (Lipinski definition) is 4. The first-order valence-corrected chi connectivity index (χ1v) is 38.1. The van der Waals surface area contributed by atoms with Crippen LogP contribution in [0.5, 0.6) is 0 Å². The number of esters is 2. The van der Waals surface area contributed by atoms with E-state index in [9.17, 15) is 43.6 Å². The Morgan fingerprint density at radius 1 is 0.474 bits per heavy atom. The fraction of sp³-hybridized carbons (Fsp3) is 0.326. The molecule has 114 heavy (non-hydrogen) atoms. The van der Waals surface area contributed by atoms with Crippen molar-refractivity contribution in [1.29, 1.82) is 5.26 Å². The molecule has 4 aromatic heterocycles. The van der Waals surface area contributed by atoms with Crippen LogP contribution in [0, 0.1) is 11.3 Å². The van der Waals surface area contributed by atoms with E-state index in [1.165, 1.54) is 17.0 Å². The van der Waals surface area contributed by atoms with Gasteiger partial charge in [0.15, 0.2) is 4.73 Å². The maximum atomic E-state index is 14.3. The molecule has 596 valence electrons. The quantitative estimate of drug-likeness (QED) is 0.0313. The van der Waals surface area contributed by atoms with Crippen molar-refractivity contribution >= 4 is 84.5 Å². The summed E-state index contributed by atoms with van der Waals surface area (Å²) in [5.41, 5.74) is 10.0. The van der Waals surface area contributed by atoms with Crippen LogP contribution in [0.3, 0.4) is 0 Å². The van der Waals surface area contributed by atoms with Gasteiger partial charge >= 0.3 is 30.2 Å². The van der Waals surface area contributed by atoms with Gasteiger partial charge in [-0.15, -0.1) is 0 Å². The third-order valence-electron chi connectivity index (χ3n) is 16.9. The van der Waals surface area contributed by atoms with E-state index in [1.54, 1.807) is 134 Å². The first-order valence-electron chi connectivity index (χ1n) is 37.3. The second kappa shape index (κ2) is 39.6. The van der Waals surface area contributed by atoms with Crippen molar-refractivity contribution in [1.82, 2.24) is 54.6 Å². The zero-order valence-corrected chi connectivity index (χ0v) is 68.3. The number of anilines is 1. The molecule has 11 rings (SSSR count). The van der Waals surface area contributed by atoms with Crippen molar-refractivity contribution in [3.63, 3.8) is 0 Å². The molecular formula is C86H97BrN14O13. The topological polar surface area (TPSA) is 351 Å². The van der Waals surface area contributed by atoms with Crippen molar-refractivity contribution in [2.75, 3.05) is 25.2 Å². The van der Waals surface area contributed by atoms with Crippen LogP contribution in [0.2, 0.25) is 0 Å². The highest BCUT2D eigenvalue weighted by Crippen LogP contribution is 2.29. The predicted octanol–water partition coefficient (Wildman–Crippen LogP) is 15.6. The van der Waals surface area contributed by atoms with Crippen molar-refractivity contribution < 1.29 is 47.7 Å². The maximum absolute atomic E-state index is 14.3. The summed E-state index contributed by atoms with van der Waals surface area (Å²) >= 11 is 3.06. The largest absolute Gasteiger partial charge is 0.462 e. The Morgan fingerprint density at radius 2 is 0.816 bits per heavy atom. The number of hydrogen-bond acceptors (Lipinski definition) is 21. The Bertz CT molecular complexity index is 5410. The molecule has 0 spiro atoms. The first kappa shape index (κ1) is 87.1. The number of halogens is 1. The van der Waals surface area contributed by atoms with Gasteiger partial charge in [-0.05, 0) is 207 Å². The fourth-order valence-corrected chi connectivity index (χ4v) is 12.1. The standard InChI is InChI=1S/C33H38N4O5.C23H28N4O3.C23H24N4O3.C7H7BrN2O2/c1-7-26(35-32(40)42-33(3,4)5)29-34-27-16-12-13-23(28(27)30(38)37(29)25-14-10-9-11-15-25)21-36(6)24-19-17-22(18-20-24)31(39)41-8-2;2*1-5-17(26-22(29)30-23(2,3)4)20-25-18-13-9-10-15(14-24)19(18)21(28)27(20)16-11-7-6-8-12-16;1-2-12-6(11)5-3-9-7(8)10-4-5/h9-20,26H,7-8,21H2,1-6H3,(H,35,40);6-13,17H,5,14,24H2,1-4H3,(H,26,29);6-13,17H,5H2,1-4H3,(H,26,29);3-4H,2H2,1H3/t26-;2*17-;/m000./s1. The molecule has 0 saturated carbocycles. The van der Waals surface area contributed by atoms with E-state index in [1.807, 2.05) is 154 Å². The maximum Gasteiger partial charge on any atom is 0.408 e. The highest BCUT2D eigenvalue weighted by molar-refractivity contribution is 9.10. The number of carbonyl (C=O) groups excluding carboxylic acids is 5. The van der Waals surface area contributed by atoms with Crippen LogP contribution in [0.25, 0.3) is 49.8 Å². The van der Waals surface area contributed by atoms with E-state index in [0.29, 0.717) is 117 Å². The second-order valence-corrected chi connectivity index (χ2v) is 29.6. The van der Waals surface area contributed by atoms with Gasteiger partial charge in [-0.3, -0.25) is 28.1 Å². The number of carbonyl (C=O) groups is 5. The highest BCUT2D eigenvalue weighted by atomic mass is 79.9. The van der Waals surface area contributed by atoms with Gasteiger partial charge in [-0.2, -0.15) is 5.26 Å². The van der Waals surface area contributed by atoms with Gasteiger partial charge in [0.2, 0.25) is 0 Å². The van der Waals surface area contributed by atoms with Gasteiger partial charge in [0.25, 0.3) is 16.7 Å². The van der Waals surface area contributed by atoms with E-state index in [4.69, 9.17) is 39.4 Å². The number of alkyl carbamates (subject to hydrolysis) is 3. The SMILES string of the molecule is CCOC(=O)c1ccc(N(C)Cc2cccc3nc([C@H](CC)NC(=O)OC(C)(C)C)n(-c4ccccc4)c(=O)c23)cc1.CCOC(=O)c1cnc(Br)nc1.CC[C@H](NC(=O)OC(C)(C)C)c1nc2cccc(C#N)c2c(=O)n1-c1ccccc1.CC[C@H](NC(=O)OC(C)(C)C)c1nc2cccc(CN)c2c(=O)n1-c1ccccc1. The predicted molar refractivity (Wildman–Crippen MR) is 442 cm³/mol. The van der Waals surface area contributed by atoms with Crippen LogP contribution < -0.4 is 43.3 Å². The number of ether oxygens (including phenoxy) is 5. The Labute approximate surface area is 670 Å².